The van der Waals surface area contributed by atoms with E-state index in [1.807, 2.05) is 48.5 Å². The lowest BCUT2D eigenvalue weighted by Gasteiger charge is -2.21. The Balaban J connectivity index is 1.94. The van der Waals surface area contributed by atoms with Crippen LogP contribution in [0, 0.1) is 0 Å². The van der Waals surface area contributed by atoms with Gasteiger partial charge in [-0.2, -0.15) is 0 Å². The van der Waals surface area contributed by atoms with E-state index in [0.717, 1.165) is 40.9 Å². The Bertz CT molecular complexity index is 914. The highest BCUT2D eigenvalue weighted by Gasteiger charge is 2.06. The molecule has 0 spiro atoms. The van der Waals surface area contributed by atoms with Crippen LogP contribution < -0.4 is 10.6 Å². The highest BCUT2D eigenvalue weighted by molar-refractivity contribution is 6.01. The molecule has 0 radical (unpaired) electrons. The normalized spacial score (nSPS) is 11.3. The second kappa shape index (κ2) is 7.26. The summed E-state index contributed by atoms with van der Waals surface area (Å²) in [5, 5.41) is 12.3. The average molecular weight is 333 g/mol. The number of hydrogen-bond acceptors (Lipinski definition) is 4. The van der Waals surface area contributed by atoms with Crippen molar-refractivity contribution in [2.45, 2.75) is 13.8 Å². The molecule has 0 unspecified atom stereocenters. The maximum absolute atomic E-state index is 10.3. The van der Waals surface area contributed by atoms with Gasteiger partial charge >= 0.3 is 0 Å². The Hall–Kier alpha value is -3.01. The summed E-state index contributed by atoms with van der Waals surface area (Å²) >= 11 is 0. The Morgan fingerprint density at radius 1 is 1.00 bits per heavy atom. The quantitative estimate of drug-likeness (QED) is 0.524. The van der Waals surface area contributed by atoms with Gasteiger partial charge in [0, 0.05) is 53.1 Å². The van der Waals surface area contributed by atoms with E-state index >= 15 is 0 Å². The lowest BCUT2D eigenvalue weighted by Crippen LogP contribution is -2.21. The molecule has 3 aromatic carbocycles. The van der Waals surface area contributed by atoms with Crippen LogP contribution in [-0.4, -0.2) is 24.4 Å². The molecule has 0 aliphatic rings. The van der Waals surface area contributed by atoms with E-state index in [9.17, 15) is 5.11 Å². The first-order valence-corrected chi connectivity index (χ1v) is 8.53. The summed E-state index contributed by atoms with van der Waals surface area (Å²) in [6.45, 7) is 6.01. The van der Waals surface area contributed by atoms with E-state index in [1.165, 1.54) is 0 Å². The van der Waals surface area contributed by atoms with Crippen molar-refractivity contribution in [3.8, 4) is 5.75 Å². The van der Waals surface area contributed by atoms with Gasteiger partial charge in [-0.3, -0.25) is 4.99 Å². The van der Waals surface area contributed by atoms with Gasteiger partial charge in [-0.15, -0.1) is 0 Å². The number of nitrogens with two attached hydrogens (primary N) is 1. The molecule has 0 aromatic heterocycles. The van der Waals surface area contributed by atoms with Crippen LogP contribution in [0.25, 0.3) is 10.8 Å². The predicted octanol–water partition coefficient (Wildman–Crippen LogP) is 4.72. The van der Waals surface area contributed by atoms with Gasteiger partial charge in [0.05, 0.1) is 5.69 Å². The summed E-state index contributed by atoms with van der Waals surface area (Å²) in [5.41, 5.74) is 9.30. The van der Waals surface area contributed by atoms with Crippen LogP contribution in [0.5, 0.6) is 5.75 Å². The number of nitrogen functional groups attached to an aromatic ring is 1. The van der Waals surface area contributed by atoms with Crippen LogP contribution in [0.4, 0.5) is 17.1 Å². The summed E-state index contributed by atoms with van der Waals surface area (Å²) in [7, 11) is 0. The molecule has 3 aromatic rings. The summed E-state index contributed by atoms with van der Waals surface area (Å²) < 4.78 is 0. The maximum atomic E-state index is 10.3. The van der Waals surface area contributed by atoms with Crippen molar-refractivity contribution in [3.05, 3.63) is 60.2 Å². The van der Waals surface area contributed by atoms with Crippen LogP contribution in [0.1, 0.15) is 19.4 Å². The van der Waals surface area contributed by atoms with Gasteiger partial charge in [0.15, 0.2) is 0 Å². The predicted molar refractivity (Wildman–Crippen MR) is 107 cm³/mol. The van der Waals surface area contributed by atoms with E-state index < -0.39 is 0 Å². The number of phenolic OH excluding ortho intramolecular Hbond substituents is 1. The Kier molecular flexibility index (Phi) is 4.89. The zero-order valence-electron chi connectivity index (χ0n) is 14.6. The van der Waals surface area contributed by atoms with E-state index in [4.69, 9.17) is 5.73 Å². The number of phenols is 1. The molecule has 128 valence electrons. The first-order chi connectivity index (χ1) is 12.1. The van der Waals surface area contributed by atoms with Crippen LogP contribution in [-0.2, 0) is 0 Å². The van der Waals surface area contributed by atoms with E-state index in [2.05, 4.69) is 23.7 Å². The third-order valence-electron chi connectivity index (χ3n) is 4.42. The Labute approximate surface area is 148 Å². The molecule has 0 heterocycles. The molecule has 0 atom stereocenters. The fourth-order valence-electron chi connectivity index (χ4n) is 2.98. The minimum atomic E-state index is 0.230. The van der Waals surface area contributed by atoms with Gasteiger partial charge in [0.1, 0.15) is 5.75 Å². The van der Waals surface area contributed by atoms with Gasteiger partial charge in [-0.05, 0) is 38.1 Å². The number of anilines is 2. The SMILES string of the molecule is CCN(CC)c1ccc(C=Nc2ccc(N)c3ccccc23)c(O)c1. The molecule has 4 nitrogen and oxygen atoms in total. The highest BCUT2D eigenvalue weighted by Crippen LogP contribution is 2.30. The third kappa shape index (κ3) is 3.43. The number of nitrogens with zero attached hydrogens (tertiary/aromatic N) is 2. The molecule has 4 heteroatoms. The third-order valence-corrected chi connectivity index (χ3v) is 4.42. The van der Waals surface area contributed by atoms with Gasteiger partial charge in [-0.1, -0.05) is 24.3 Å². The molecule has 0 amide bonds. The standard InChI is InChI=1S/C21H23N3O/c1-3-24(4-2)16-10-9-15(21(25)13-16)14-23-20-12-11-19(22)17-7-5-6-8-18(17)20/h5-14,25H,3-4,22H2,1-2H3. The van der Waals surface area contributed by atoms with Gasteiger partial charge in [-0.25, -0.2) is 0 Å². The van der Waals surface area contributed by atoms with Crippen molar-refractivity contribution in [2.75, 3.05) is 23.7 Å². The number of aliphatic imine (C=N–C) groups is 1. The number of hydrogen-bond donors (Lipinski definition) is 2. The Morgan fingerprint density at radius 2 is 1.72 bits per heavy atom. The van der Waals surface area contributed by atoms with E-state index in [-0.39, 0.29) is 5.75 Å². The van der Waals surface area contributed by atoms with Gasteiger partial charge < -0.3 is 15.7 Å². The Morgan fingerprint density at radius 3 is 2.40 bits per heavy atom. The smallest absolute Gasteiger partial charge is 0.126 e. The second-order valence-electron chi connectivity index (χ2n) is 5.89. The molecular formula is C21H23N3O. The van der Waals surface area contributed by atoms with Crippen molar-refractivity contribution in [1.82, 2.24) is 0 Å². The lowest BCUT2D eigenvalue weighted by molar-refractivity contribution is 0.474. The minimum Gasteiger partial charge on any atom is -0.507 e. The van der Waals surface area contributed by atoms with Crippen molar-refractivity contribution < 1.29 is 5.11 Å². The zero-order chi connectivity index (χ0) is 17.8. The first kappa shape index (κ1) is 16.8. The summed E-state index contributed by atoms with van der Waals surface area (Å²) in [4.78, 5) is 6.76. The molecule has 0 bridgehead atoms. The minimum absolute atomic E-state index is 0.230. The summed E-state index contributed by atoms with van der Waals surface area (Å²) in [6, 6.07) is 17.4. The highest BCUT2D eigenvalue weighted by atomic mass is 16.3. The van der Waals surface area contributed by atoms with E-state index in [0.29, 0.717) is 5.56 Å². The van der Waals surface area contributed by atoms with E-state index in [1.54, 1.807) is 12.3 Å². The largest absolute Gasteiger partial charge is 0.507 e. The van der Waals surface area contributed by atoms with Crippen LogP contribution in [0.3, 0.4) is 0 Å². The van der Waals surface area contributed by atoms with Crippen molar-refractivity contribution >= 4 is 34.0 Å². The molecule has 0 saturated heterocycles. The van der Waals surface area contributed by atoms with Crippen molar-refractivity contribution in [3.63, 3.8) is 0 Å². The monoisotopic (exact) mass is 333 g/mol. The molecule has 0 aliphatic carbocycles. The van der Waals surface area contributed by atoms with Crippen molar-refractivity contribution in [2.24, 2.45) is 4.99 Å². The zero-order valence-corrected chi connectivity index (χ0v) is 14.6. The molecular weight excluding hydrogens is 310 g/mol. The van der Waals surface area contributed by atoms with Crippen molar-refractivity contribution in [1.29, 1.82) is 0 Å². The average Bonchev–Trinajstić information content (AvgIpc) is 2.64. The van der Waals surface area contributed by atoms with Crippen LogP contribution in [0.2, 0.25) is 0 Å². The topological polar surface area (TPSA) is 61.8 Å². The molecule has 0 fully saturated rings. The number of fused-ring (bicyclic) bond motifs is 1. The fraction of sp³-hybridized carbons (Fsp3) is 0.190. The van der Waals surface area contributed by atoms with Crippen LogP contribution in [0.15, 0.2) is 59.6 Å². The second-order valence-corrected chi connectivity index (χ2v) is 5.89. The number of aromatic hydroxyl groups is 1. The summed E-state index contributed by atoms with van der Waals surface area (Å²) in [6.07, 6.45) is 1.69. The molecule has 3 N–H and O–H groups in total. The first-order valence-electron chi connectivity index (χ1n) is 8.53. The van der Waals surface area contributed by atoms with Gasteiger partial charge in [0.2, 0.25) is 0 Å². The van der Waals surface area contributed by atoms with Crippen LogP contribution >= 0.6 is 0 Å². The van der Waals surface area contributed by atoms with Gasteiger partial charge in [0.25, 0.3) is 0 Å². The molecule has 25 heavy (non-hydrogen) atoms. The lowest BCUT2D eigenvalue weighted by atomic mass is 10.1. The summed E-state index contributed by atoms with van der Waals surface area (Å²) in [5.74, 6) is 0.230. The maximum Gasteiger partial charge on any atom is 0.126 e. The molecule has 0 saturated carbocycles. The number of benzene rings is 3. The number of rotatable bonds is 5. The molecule has 0 aliphatic heterocycles. The molecule has 3 rings (SSSR count). The fourth-order valence-corrected chi connectivity index (χ4v) is 2.98.